The van der Waals surface area contributed by atoms with Crippen LogP contribution in [0.3, 0.4) is 0 Å². The molecule has 1 saturated carbocycles. The van der Waals surface area contributed by atoms with Crippen LogP contribution >= 0.6 is 0 Å². The smallest absolute Gasteiger partial charge is 0.0647 e. The van der Waals surface area contributed by atoms with Gasteiger partial charge in [0.25, 0.3) is 0 Å². The molecule has 1 N–H and O–H groups in total. The second-order valence-electron chi connectivity index (χ2n) is 3.38. The standard InChI is InChI=1S/C8H16O/c1-3-6-8(2,9)7-4-5-7/h7,9H,3-6H2,1-2H3/t8-/m1/s1. The normalized spacial score (nSPS) is 25.7. The Labute approximate surface area is 57.1 Å². The van der Waals surface area contributed by atoms with E-state index in [0.29, 0.717) is 5.92 Å². The minimum atomic E-state index is -0.339. The molecule has 0 bridgehead atoms. The Morgan fingerprint density at radius 1 is 1.56 bits per heavy atom. The summed E-state index contributed by atoms with van der Waals surface area (Å²) in [7, 11) is 0. The fourth-order valence-corrected chi connectivity index (χ4v) is 1.42. The summed E-state index contributed by atoms with van der Waals surface area (Å²) in [4.78, 5) is 0. The van der Waals surface area contributed by atoms with Gasteiger partial charge in [-0.15, -0.1) is 0 Å². The minimum absolute atomic E-state index is 0.339. The highest BCUT2D eigenvalue weighted by atomic mass is 16.3. The second kappa shape index (κ2) is 2.30. The van der Waals surface area contributed by atoms with Crippen LogP contribution in [0.5, 0.6) is 0 Å². The Bertz CT molecular complexity index is 92.7. The summed E-state index contributed by atoms with van der Waals surface area (Å²) >= 11 is 0. The van der Waals surface area contributed by atoms with Crippen molar-refractivity contribution in [3.8, 4) is 0 Å². The van der Waals surface area contributed by atoms with Crippen LogP contribution in [0.4, 0.5) is 0 Å². The molecule has 1 nitrogen and oxygen atoms in total. The van der Waals surface area contributed by atoms with Crippen molar-refractivity contribution in [3.05, 3.63) is 0 Å². The summed E-state index contributed by atoms with van der Waals surface area (Å²) < 4.78 is 0. The van der Waals surface area contributed by atoms with Crippen LogP contribution < -0.4 is 0 Å². The lowest BCUT2D eigenvalue weighted by molar-refractivity contribution is 0.0274. The third-order valence-electron chi connectivity index (χ3n) is 2.21. The molecule has 0 unspecified atom stereocenters. The van der Waals surface area contributed by atoms with Crippen LogP contribution in [0.2, 0.25) is 0 Å². The highest BCUT2D eigenvalue weighted by Crippen LogP contribution is 2.41. The second-order valence-corrected chi connectivity index (χ2v) is 3.38. The lowest BCUT2D eigenvalue weighted by atomic mass is 9.95. The van der Waals surface area contributed by atoms with Crippen LogP contribution in [0.1, 0.15) is 39.5 Å². The van der Waals surface area contributed by atoms with E-state index < -0.39 is 0 Å². The summed E-state index contributed by atoms with van der Waals surface area (Å²) in [6.07, 6.45) is 4.56. The van der Waals surface area contributed by atoms with E-state index in [0.717, 1.165) is 12.8 Å². The molecule has 1 aliphatic carbocycles. The molecule has 0 aromatic heterocycles. The molecular formula is C8H16O. The van der Waals surface area contributed by atoms with Crippen LogP contribution in [0.15, 0.2) is 0 Å². The lowest BCUT2D eigenvalue weighted by Crippen LogP contribution is -2.26. The van der Waals surface area contributed by atoms with E-state index in [1.54, 1.807) is 0 Å². The highest BCUT2D eigenvalue weighted by molar-refractivity contribution is 4.90. The molecule has 0 amide bonds. The average molecular weight is 128 g/mol. The summed E-state index contributed by atoms with van der Waals surface area (Å²) in [5, 5.41) is 9.65. The van der Waals surface area contributed by atoms with Crippen molar-refractivity contribution < 1.29 is 5.11 Å². The SMILES string of the molecule is CCC[C@@](C)(O)C1CC1. The lowest BCUT2D eigenvalue weighted by Gasteiger charge is -2.21. The van der Waals surface area contributed by atoms with Crippen molar-refractivity contribution in [2.75, 3.05) is 0 Å². The Hall–Kier alpha value is -0.0400. The Morgan fingerprint density at radius 2 is 2.11 bits per heavy atom. The summed E-state index contributed by atoms with van der Waals surface area (Å²) in [6, 6.07) is 0. The fourth-order valence-electron chi connectivity index (χ4n) is 1.42. The van der Waals surface area contributed by atoms with Gasteiger partial charge in [-0.05, 0) is 32.1 Å². The summed E-state index contributed by atoms with van der Waals surface area (Å²) in [5.74, 6) is 0.623. The van der Waals surface area contributed by atoms with Crippen molar-refractivity contribution in [3.63, 3.8) is 0 Å². The minimum Gasteiger partial charge on any atom is -0.390 e. The maximum atomic E-state index is 9.65. The van der Waals surface area contributed by atoms with Gasteiger partial charge in [0, 0.05) is 0 Å². The molecule has 1 heteroatoms. The first kappa shape index (κ1) is 7.07. The van der Waals surface area contributed by atoms with E-state index in [9.17, 15) is 5.11 Å². The molecule has 0 spiro atoms. The molecular weight excluding hydrogens is 112 g/mol. The Kier molecular flexibility index (Phi) is 1.80. The largest absolute Gasteiger partial charge is 0.390 e. The van der Waals surface area contributed by atoms with Gasteiger partial charge in [0.05, 0.1) is 5.60 Å². The Morgan fingerprint density at radius 3 is 2.44 bits per heavy atom. The van der Waals surface area contributed by atoms with Gasteiger partial charge in [-0.25, -0.2) is 0 Å². The topological polar surface area (TPSA) is 20.2 Å². The third-order valence-corrected chi connectivity index (χ3v) is 2.21. The van der Waals surface area contributed by atoms with E-state index in [-0.39, 0.29) is 5.60 Å². The molecule has 9 heavy (non-hydrogen) atoms. The molecule has 1 fully saturated rings. The van der Waals surface area contributed by atoms with E-state index in [2.05, 4.69) is 6.92 Å². The van der Waals surface area contributed by atoms with Gasteiger partial charge in [-0.1, -0.05) is 13.3 Å². The third kappa shape index (κ3) is 1.68. The molecule has 0 heterocycles. The van der Waals surface area contributed by atoms with Gasteiger partial charge in [-0.3, -0.25) is 0 Å². The molecule has 54 valence electrons. The van der Waals surface area contributed by atoms with Gasteiger partial charge in [0.15, 0.2) is 0 Å². The average Bonchev–Trinajstić information content (AvgIpc) is 2.41. The molecule has 0 aromatic carbocycles. The van der Waals surface area contributed by atoms with Crippen molar-refractivity contribution >= 4 is 0 Å². The molecule has 0 saturated heterocycles. The predicted molar refractivity (Wildman–Crippen MR) is 38.3 cm³/mol. The van der Waals surface area contributed by atoms with Crippen LogP contribution in [0.25, 0.3) is 0 Å². The van der Waals surface area contributed by atoms with E-state index in [4.69, 9.17) is 0 Å². The molecule has 1 aliphatic rings. The van der Waals surface area contributed by atoms with Gasteiger partial charge < -0.3 is 5.11 Å². The number of hydrogen-bond donors (Lipinski definition) is 1. The first-order valence-corrected chi connectivity index (χ1v) is 3.89. The van der Waals surface area contributed by atoms with E-state index >= 15 is 0 Å². The van der Waals surface area contributed by atoms with Crippen LogP contribution in [-0.4, -0.2) is 10.7 Å². The maximum absolute atomic E-state index is 9.65. The number of aliphatic hydroxyl groups is 1. The highest BCUT2D eigenvalue weighted by Gasteiger charge is 2.38. The van der Waals surface area contributed by atoms with Crippen molar-refractivity contribution in [1.82, 2.24) is 0 Å². The predicted octanol–water partition coefficient (Wildman–Crippen LogP) is 1.95. The van der Waals surface area contributed by atoms with E-state index in [1.807, 2.05) is 6.92 Å². The number of rotatable bonds is 3. The monoisotopic (exact) mass is 128 g/mol. The van der Waals surface area contributed by atoms with Gasteiger partial charge in [-0.2, -0.15) is 0 Å². The zero-order valence-corrected chi connectivity index (χ0v) is 6.35. The quantitative estimate of drug-likeness (QED) is 0.616. The van der Waals surface area contributed by atoms with Crippen LogP contribution in [0, 0.1) is 5.92 Å². The fraction of sp³-hybridized carbons (Fsp3) is 1.00. The van der Waals surface area contributed by atoms with Gasteiger partial charge in [0.1, 0.15) is 0 Å². The zero-order chi connectivity index (χ0) is 6.91. The molecule has 0 radical (unpaired) electrons. The summed E-state index contributed by atoms with van der Waals surface area (Å²) in [5.41, 5.74) is -0.339. The van der Waals surface area contributed by atoms with Crippen molar-refractivity contribution in [1.29, 1.82) is 0 Å². The zero-order valence-electron chi connectivity index (χ0n) is 6.35. The first-order chi connectivity index (χ1) is 4.17. The van der Waals surface area contributed by atoms with E-state index in [1.165, 1.54) is 12.8 Å². The van der Waals surface area contributed by atoms with Gasteiger partial charge in [0.2, 0.25) is 0 Å². The van der Waals surface area contributed by atoms with Crippen molar-refractivity contribution in [2.24, 2.45) is 5.92 Å². The van der Waals surface area contributed by atoms with Crippen molar-refractivity contribution in [2.45, 2.75) is 45.1 Å². The molecule has 1 atom stereocenters. The van der Waals surface area contributed by atoms with Crippen LogP contribution in [-0.2, 0) is 0 Å². The first-order valence-electron chi connectivity index (χ1n) is 3.89. The molecule has 0 aliphatic heterocycles. The van der Waals surface area contributed by atoms with Gasteiger partial charge >= 0.3 is 0 Å². The maximum Gasteiger partial charge on any atom is 0.0647 e. The Balaban J connectivity index is 2.30. The summed E-state index contributed by atoms with van der Waals surface area (Å²) in [6.45, 7) is 4.09. The number of hydrogen-bond acceptors (Lipinski definition) is 1. The molecule has 1 rings (SSSR count). The molecule has 0 aromatic rings.